The van der Waals surface area contributed by atoms with Crippen LogP contribution in [-0.4, -0.2) is 30.4 Å². The standard InChI is InChI=1S/C10H16N2O/c1-3-4-10(13)12(2)9(7-11)8-5-6-8/h1,8-9H,4-7,11H2,2H3. The number of nitrogens with zero attached hydrogens (tertiary/aromatic N) is 1. The van der Waals surface area contributed by atoms with E-state index in [1.54, 1.807) is 11.9 Å². The van der Waals surface area contributed by atoms with Crippen molar-refractivity contribution in [3.63, 3.8) is 0 Å². The van der Waals surface area contributed by atoms with Crippen molar-refractivity contribution >= 4 is 5.91 Å². The first kappa shape index (κ1) is 10.1. The van der Waals surface area contributed by atoms with E-state index in [4.69, 9.17) is 12.2 Å². The zero-order chi connectivity index (χ0) is 9.84. The van der Waals surface area contributed by atoms with Gasteiger partial charge in [0.2, 0.25) is 5.91 Å². The fourth-order valence-corrected chi connectivity index (χ4v) is 1.54. The quantitative estimate of drug-likeness (QED) is 0.628. The zero-order valence-electron chi connectivity index (χ0n) is 7.99. The van der Waals surface area contributed by atoms with E-state index in [0.29, 0.717) is 12.5 Å². The van der Waals surface area contributed by atoms with Gasteiger partial charge in [-0.25, -0.2) is 0 Å². The summed E-state index contributed by atoms with van der Waals surface area (Å²) in [5.74, 6) is 2.97. The number of terminal acetylenes is 1. The van der Waals surface area contributed by atoms with Gasteiger partial charge in [0.1, 0.15) is 0 Å². The molecule has 0 saturated heterocycles. The Morgan fingerprint density at radius 3 is 2.77 bits per heavy atom. The van der Waals surface area contributed by atoms with Gasteiger partial charge < -0.3 is 10.6 Å². The maximum absolute atomic E-state index is 11.4. The van der Waals surface area contributed by atoms with E-state index in [0.717, 1.165) is 0 Å². The number of carbonyl (C=O) groups is 1. The lowest BCUT2D eigenvalue weighted by atomic mass is 10.1. The predicted molar refractivity (Wildman–Crippen MR) is 51.8 cm³/mol. The Morgan fingerprint density at radius 2 is 2.38 bits per heavy atom. The van der Waals surface area contributed by atoms with Gasteiger partial charge in [0.15, 0.2) is 0 Å². The van der Waals surface area contributed by atoms with Gasteiger partial charge in [0.05, 0.1) is 6.42 Å². The van der Waals surface area contributed by atoms with E-state index in [1.807, 2.05) is 0 Å². The highest BCUT2D eigenvalue weighted by molar-refractivity contribution is 5.78. The van der Waals surface area contributed by atoms with Gasteiger partial charge in [-0.05, 0) is 18.8 Å². The summed E-state index contributed by atoms with van der Waals surface area (Å²) in [6, 6.07) is 0.195. The molecule has 1 aliphatic rings. The topological polar surface area (TPSA) is 46.3 Å². The van der Waals surface area contributed by atoms with Crippen LogP contribution in [0.3, 0.4) is 0 Å². The van der Waals surface area contributed by atoms with Crippen LogP contribution >= 0.6 is 0 Å². The molecule has 13 heavy (non-hydrogen) atoms. The number of hydrogen-bond donors (Lipinski definition) is 1. The van der Waals surface area contributed by atoms with Gasteiger partial charge in [0.25, 0.3) is 0 Å². The summed E-state index contributed by atoms with van der Waals surface area (Å²) in [7, 11) is 1.79. The largest absolute Gasteiger partial charge is 0.340 e. The van der Waals surface area contributed by atoms with Crippen LogP contribution in [0.5, 0.6) is 0 Å². The minimum absolute atomic E-state index is 0.00449. The molecule has 3 nitrogen and oxygen atoms in total. The van der Waals surface area contributed by atoms with E-state index >= 15 is 0 Å². The van der Waals surface area contributed by atoms with Crippen molar-refractivity contribution in [1.29, 1.82) is 0 Å². The molecule has 1 amide bonds. The Bertz CT molecular complexity index is 228. The predicted octanol–water partition coefficient (Wildman–Crippen LogP) is 0.205. The van der Waals surface area contributed by atoms with Crippen LogP contribution in [0, 0.1) is 18.3 Å². The SMILES string of the molecule is C#CCC(=O)N(C)C(CN)C1CC1. The Hall–Kier alpha value is -1.01. The van der Waals surface area contributed by atoms with Crippen LogP contribution < -0.4 is 5.73 Å². The number of amides is 1. The molecule has 1 unspecified atom stereocenters. The first-order chi connectivity index (χ1) is 6.20. The molecule has 1 aliphatic carbocycles. The average Bonchev–Trinajstić information content (AvgIpc) is 2.90. The van der Waals surface area contributed by atoms with Crippen molar-refractivity contribution in [1.82, 2.24) is 4.90 Å². The van der Waals surface area contributed by atoms with Crippen molar-refractivity contribution in [3.05, 3.63) is 0 Å². The molecule has 1 rings (SSSR count). The lowest BCUT2D eigenvalue weighted by molar-refractivity contribution is -0.131. The van der Waals surface area contributed by atoms with E-state index in [9.17, 15) is 4.79 Å². The number of carbonyl (C=O) groups excluding carboxylic acids is 1. The summed E-state index contributed by atoms with van der Waals surface area (Å²) in [5.41, 5.74) is 5.60. The minimum Gasteiger partial charge on any atom is -0.340 e. The highest BCUT2D eigenvalue weighted by Crippen LogP contribution is 2.34. The molecule has 0 aromatic carbocycles. The third-order valence-electron chi connectivity index (χ3n) is 2.55. The van der Waals surface area contributed by atoms with Gasteiger partial charge >= 0.3 is 0 Å². The molecule has 0 aromatic rings. The lowest BCUT2D eigenvalue weighted by Gasteiger charge is -2.26. The minimum atomic E-state index is 0.00449. The van der Waals surface area contributed by atoms with Crippen molar-refractivity contribution in [2.24, 2.45) is 11.7 Å². The van der Waals surface area contributed by atoms with Gasteiger partial charge in [-0.2, -0.15) is 0 Å². The van der Waals surface area contributed by atoms with Crippen LogP contribution in [0.25, 0.3) is 0 Å². The molecule has 72 valence electrons. The van der Waals surface area contributed by atoms with Crippen LogP contribution in [0.15, 0.2) is 0 Å². The summed E-state index contributed by atoms with van der Waals surface area (Å²) in [6.07, 6.45) is 7.63. The van der Waals surface area contributed by atoms with Crippen LogP contribution in [0.4, 0.5) is 0 Å². The van der Waals surface area contributed by atoms with Crippen molar-refractivity contribution < 1.29 is 4.79 Å². The molecular formula is C10H16N2O. The van der Waals surface area contributed by atoms with Gasteiger partial charge in [0, 0.05) is 19.6 Å². The second-order valence-electron chi connectivity index (χ2n) is 3.53. The molecule has 1 fully saturated rings. The molecule has 2 N–H and O–H groups in total. The van der Waals surface area contributed by atoms with Crippen LogP contribution in [0.1, 0.15) is 19.3 Å². The maximum atomic E-state index is 11.4. The van der Waals surface area contributed by atoms with Crippen LogP contribution in [-0.2, 0) is 4.79 Å². The zero-order valence-corrected chi connectivity index (χ0v) is 7.99. The van der Waals surface area contributed by atoms with Gasteiger partial charge in [-0.1, -0.05) is 5.92 Å². The summed E-state index contributed by atoms with van der Waals surface area (Å²) in [6.45, 7) is 0.539. The molecule has 0 bridgehead atoms. The Balaban J connectivity index is 2.48. The third kappa shape index (κ3) is 2.46. The normalized spacial score (nSPS) is 17.6. The third-order valence-corrected chi connectivity index (χ3v) is 2.55. The highest BCUT2D eigenvalue weighted by atomic mass is 16.2. The highest BCUT2D eigenvalue weighted by Gasteiger charge is 2.34. The fourth-order valence-electron chi connectivity index (χ4n) is 1.54. The molecule has 3 heteroatoms. The smallest absolute Gasteiger partial charge is 0.234 e. The first-order valence-electron chi connectivity index (χ1n) is 4.60. The molecule has 0 aliphatic heterocycles. The molecule has 0 spiro atoms. The van der Waals surface area contributed by atoms with Gasteiger partial charge in [-0.15, -0.1) is 6.42 Å². The van der Waals surface area contributed by atoms with Crippen molar-refractivity contribution in [2.75, 3.05) is 13.6 Å². The molecule has 1 saturated carbocycles. The second kappa shape index (κ2) is 4.29. The average molecular weight is 180 g/mol. The number of likely N-dealkylation sites (N-methyl/N-ethyl adjacent to an activating group) is 1. The molecular weight excluding hydrogens is 164 g/mol. The fraction of sp³-hybridized carbons (Fsp3) is 0.700. The molecule has 0 heterocycles. The maximum Gasteiger partial charge on any atom is 0.234 e. The Kier molecular flexibility index (Phi) is 3.32. The van der Waals surface area contributed by atoms with E-state index in [1.165, 1.54) is 12.8 Å². The Morgan fingerprint density at radius 1 is 1.77 bits per heavy atom. The van der Waals surface area contributed by atoms with Crippen LogP contribution in [0.2, 0.25) is 0 Å². The van der Waals surface area contributed by atoms with Crippen molar-refractivity contribution in [2.45, 2.75) is 25.3 Å². The first-order valence-corrected chi connectivity index (χ1v) is 4.60. The van der Waals surface area contributed by atoms with Gasteiger partial charge in [-0.3, -0.25) is 4.79 Å². The van der Waals surface area contributed by atoms with E-state index < -0.39 is 0 Å². The molecule has 1 atom stereocenters. The van der Waals surface area contributed by atoms with E-state index in [2.05, 4.69) is 5.92 Å². The summed E-state index contributed by atoms with van der Waals surface area (Å²) in [4.78, 5) is 13.1. The number of rotatable bonds is 4. The molecule has 0 aromatic heterocycles. The number of nitrogens with two attached hydrogens (primary N) is 1. The van der Waals surface area contributed by atoms with E-state index in [-0.39, 0.29) is 18.4 Å². The Labute approximate surface area is 79.3 Å². The van der Waals surface area contributed by atoms with Crippen molar-refractivity contribution in [3.8, 4) is 12.3 Å². The number of hydrogen-bond acceptors (Lipinski definition) is 2. The summed E-state index contributed by atoms with van der Waals surface area (Å²) >= 11 is 0. The molecule has 0 radical (unpaired) electrons. The summed E-state index contributed by atoms with van der Waals surface area (Å²) < 4.78 is 0. The monoisotopic (exact) mass is 180 g/mol. The lowest BCUT2D eigenvalue weighted by Crippen LogP contribution is -2.43. The summed E-state index contributed by atoms with van der Waals surface area (Å²) in [5, 5.41) is 0. The second-order valence-corrected chi connectivity index (χ2v) is 3.53.